The van der Waals surface area contributed by atoms with Crippen LogP contribution >= 0.6 is 23.2 Å². The van der Waals surface area contributed by atoms with Gasteiger partial charge in [0.25, 0.3) is 11.8 Å². The number of rotatable bonds is 3. The molecule has 140 valence electrons. The molecule has 9 heteroatoms. The summed E-state index contributed by atoms with van der Waals surface area (Å²) in [7, 11) is 1.38. The van der Waals surface area contributed by atoms with Crippen LogP contribution in [-0.4, -0.2) is 18.9 Å². The third kappa shape index (κ3) is 3.28. The van der Waals surface area contributed by atoms with Crippen molar-refractivity contribution in [2.75, 3.05) is 12.0 Å². The molecule has 1 aliphatic rings. The molecule has 0 saturated carbocycles. The average molecular weight is 416 g/mol. The topological polar surface area (TPSA) is 46.6 Å². The summed E-state index contributed by atoms with van der Waals surface area (Å²) < 4.78 is 44.5. The van der Waals surface area contributed by atoms with Crippen LogP contribution in [0, 0.1) is 0 Å². The van der Waals surface area contributed by atoms with Crippen LogP contribution in [0.5, 0.6) is 5.75 Å². The van der Waals surface area contributed by atoms with Crippen LogP contribution in [-0.2, 0) is 15.8 Å². The molecule has 0 fully saturated rings. The number of carbonyl (C=O) groups excluding carboxylic acids is 2. The van der Waals surface area contributed by atoms with Crippen LogP contribution in [0.1, 0.15) is 11.1 Å². The molecule has 2 aromatic rings. The maximum atomic E-state index is 13.1. The number of anilines is 1. The van der Waals surface area contributed by atoms with Crippen LogP contribution in [0.2, 0.25) is 5.02 Å². The van der Waals surface area contributed by atoms with Gasteiger partial charge in [-0.3, -0.25) is 9.59 Å². The Bertz CT molecular complexity index is 986. The Morgan fingerprint density at radius 2 is 1.67 bits per heavy atom. The Morgan fingerprint density at radius 1 is 1.00 bits per heavy atom. The van der Waals surface area contributed by atoms with Crippen molar-refractivity contribution < 1.29 is 27.5 Å². The minimum atomic E-state index is -4.75. The predicted molar refractivity (Wildman–Crippen MR) is 94.7 cm³/mol. The summed E-state index contributed by atoms with van der Waals surface area (Å²) in [5, 5.41) is -0.956. The lowest BCUT2D eigenvalue weighted by molar-refractivity contribution is -0.137. The highest BCUT2D eigenvalue weighted by Gasteiger charge is 2.41. The van der Waals surface area contributed by atoms with Crippen molar-refractivity contribution in [3.05, 3.63) is 63.6 Å². The van der Waals surface area contributed by atoms with Gasteiger partial charge in [0.2, 0.25) is 0 Å². The fraction of sp³-hybridized carbons (Fsp3) is 0.111. The number of hydrogen-bond acceptors (Lipinski definition) is 3. The summed E-state index contributed by atoms with van der Waals surface area (Å²) in [6.07, 6.45) is -4.75. The molecule has 1 heterocycles. The zero-order chi connectivity index (χ0) is 19.9. The van der Waals surface area contributed by atoms with Crippen molar-refractivity contribution in [1.29, 1.82) is 0 Å². The molecule has 0 saturated heterocycles. The summed E-state index contributed by atoms with van der Waals surface area (Å²) in [5.41, 5.74) is -1.34. The van der Waals surface area contributed by atoms with Gasteiger partial charge < -0.3 is 4.74 Å². The lowest BCUT2D eigenvalue weighted by Crippen LogP contribution is -2.31. The number of ether oxygens (including phenoxy) is 1. The van der Waals surface area contributed by atoms with E-state index in [-0.39, 0.29) is 16.8 Å². The summed E-state index contributed by atoms with van der Waals surface area (Å²) in [6.45, 7) is 0. The van der Waals surface area contributed by atoms with E-state index in [2.05, 4.69) is 0 Å². The molecule has 3 rings (SSSR count). The number of alkyl halides is 3. The lowest BCUT2D eigenvalue weighted by atomic mass is 10.0. The first kappa shape index (κ1) is 19.3. The van der Waals surface area contributed by atoms with Crippen molar-refractivity contribution in [2.24, 2.45) is 0 Å². The van der Waals surface area contributed by atoms with Gasteiger partial charge in [0.05, 0.1) is 29.0 Å². The lowest BCUT2D eigenvalue weighted by Gasteiger charge is -2.18. The SMILES string of the molecule is COc1ccccc1C1=C(Cl)C(=O)N(c2ccc(Cl)c(C(F)(F)F)c2)C1=O. The van der Waals surface area contributed by atoms with Gasteiger partial charge >= 0.3 is 6.18 Å². The van der Waals surface area contributed by atoms with E-state index in [1.165, 1.54) is 13.2 Å². The van der Waals surface area contributed by atoms with E-state index in [4.69, 9.17) is 27.9 Å². The molecule has 0 aromatic heterocycles. The first-order valence-electron chi connectivity index (χ1n) is 7.45. The molecule has 0 N–H and O–H groups in total. The smallest absolute Gasteiger partial charge is 0.417 e. The molecule has 0 bridgehead atoms. The van der Waals surface area contributed by atoms with Crippen molar-refractivity contribution in [3.8, 4) is 5.75 Å². The fourth-order valence-electron chi connectivity index (χ4n) is 2.69. The maximum Gasteiger partial charge on any atom is 0.417 e. The second-order valence-corrected chi connectivity index (χ2v) is 6.28. The van der Waals surface area contributed by atoms with Crippen molar-refractivity contribution in [3.63, 3.8) is 0 Å². The predicted octanol–water partition coefficient (Wildman–Crippen LogP) is 4.89. The molecule has 4 nitrogen and oxygen atoms in total. The number of imide groups is 1. The Labute approximate surface area is 161 Å². The van der Waals surface area contributed by atoms with Crippen molar-refractivity contribution in [1.82, 2.24) is 0 Å². The number of halogens is 5. The van der Waals surface area contributed by atoms with Gasteiger partial charge in [-0.1, -0.05) is 41.4 Å². The number of benzene rings is 2. The number of hydrogen-bond donors (Lipinski definition) is 0. The van der Waals surface area contributed by atoms with E-state index in [1.54, 1.807) is 18.2 Å². The van der Waals surface area contributed by atoms with Crippen LogP contribution in [0.3, 0.4) is 0 Å². The first-order valence-corrected chi connectivity index (χ1v) is 8.21. The number of methoxy groups -OCH3 is 1. The Balaban J connectivity index is 2.10. The van der Waals surface area contributed by atoms with Crippen LogP contribution in [0.15, 0.2) is 47.5 Å². The Hall–Kier alpha value is -2.51. The highest BCUT2D eigenvalue weighted by molar-refractivity contribution is 6.60. The maximum absolute atomic E-state index is 13.1. The zero-order valence-corrected chi connectivity index (χ0v) is 15.1. The third-order valence-corrected chi connectivity index (χ3v) is 4.60. The highest BCUT2D eigenvalue weighted by Crippen LogP contribution is 2.41. The molecule has 2 aromatic carbocycles. The number of para-hydroxylation sites is 1. The second-order valence-electron chi connectivity index (χ2n) is 5.50. The minimum absolute atomic E-state index is 0.150. The van der Waals surface area contributed by atoms with Crippen LogP contribution in [0.25, 0.3) is 5.57 Å². The molecule has 1 aliphatic heterocycles. The molecular formula is C18H10Cl2F3NO3. The molecule has 0 spiro atoms. The zero-order valence-electron chi connectivity index (χ0n) is 13.6. The average Bonchev–Trinajstić information content (AvgIpc) is 2.84. The van der Waals surface area contributed by atoms with Crippen LogP contribution in [0.4, 0.5) is 18.9 Å². The van der Waals surface area contributed by atoms with Gasteiger partial charge in [0, 0.05) is 5.56 Å². The largest absolute Gasteiger partial charge is 0.496 e. The van der Waals surface area contributed by atoms with Crippen molar-refractivity contribution in [2.45, 2.75) is 6.18 Å². The van der Waals surface area contributed by atoms with Crippen molar-refractivity contribution >= 4 is 46.3 Å². The van der Waals surface area contributed by atoms with E-state index < -0.39 is 33.6 Å². The summed E-state index contributed by atoms with van der Waals surface area (Å²) in [6, 6.07) is 9.10. The number of amides is 2. The van der Waals surface area contributed by atoms with Gasteiger partial charge in [0.15, 0.2) is 0 Å². The quantitative estimate of drug-likeness (QED) is 0.670. The molecule has 2 amide bonds. The fourth-order valence-corrected chi connectivity index (χ4v) is 3.18. The molecule has 27 heavy (non-hydrogen) atoms. The van der Waals surface area contributed by atoms with E-state index >= 15 is 0 Å². The molecular weight excluding hydrogens is 406 g/mol. The standard InChI is InChI=1S/C18H10Cl2F3NO3/c1-27-13-5-3-2-4-10(13)14-15(20)17(26)24(16(14)25)9-6-7-12(19)11(8-9)18(21,22)23/h2-8H,1H3. The number of nitrogens with zero attached hydrogens (tertiary/aromatic N) is 1. The van der Waals surface area contributed by atoms with Crippen LogP contribution < -0.4 is 9.64 Å². The number of carbonyl (C=O) groups is 2. The molecule has 0 atom stereocenters. The van der Waals surface area contributed by atoms with E-state index in [0.29, 0.717) is 16.7 Å². The minimum Gasteiger partial charge on any atom is -0.496 e. The molecule has 0 unspecified atom stereocenters. The van der Waals surface area contributed by atoms with Gasteiger partial charge in [0.1, 0.15) is 10.8 Å². The van der Waals surface area contributed by atoms with Gasteiger partial charge in [-0.2, -0.15) is 13.2 Å². The summed E-state index contributed by atoms with van der Waals surface area (Å²) in [5.74, 6) is -1.50. The summed E-state index contributed by atoms with van der Waals surface area (Å²) >= 11 is 11.6. The Morgan fingerprint density at radius 3 is 2.30 bits per heavy atom. The second kappa shape index (κ2) is 6.90. The van der Waals surface area contributed by atoms with E-state index in [9.17, 15) is 22.8 Å². The van der Waals surface area contributed by atoms with E-state index in [0.717, 1.165) is 12.1 Å². The molecule has 0 aliphatic carbocycles. The third-order valence-electron chi connectivity index (χ3n) is 3.92. The van der Waals surface area contributed by atoms with E-state index in [1.807, 2.05) is 0 Å². The monoisotopic (exact) mass is 415 g/mol. The van der Waals surface area contributed by atoms with Gasteiger partial charge in [-0.25, -0.2) is 4.90 Å². The normalized spacial score (nSPS) is 15.0. The van der Waals surface area contributed by atoms with Gasteiger partial charge in [-0.15, -0.1) is 0 Å². The highest BCUT2D eigenvalue weighted by atomic mass is 35.5. The first-order chi connectivity index (χ1) is 12.7. The van der Waals surface area contributed by atoms with Gasteiger partial charge in [-0.05, 0) is 24.3 Å². The molecule has 0 radical (unpaired) electrons. The summed E-state index contributed by atoms with van der Waals surface area (Å²) in [4.78, 5) is 25.9. The Kier molecular flexibility index (Phi) is 4.92.